The van der Waals surface area contributed by atoms with Crippen LogP contribution in [0.2, 0.25) is 5.02 Å². The molecule has 3 rings (SSSR count). The Balaban J connectivity index is 1.41. The molecule has 0 unspecified atom stereocenters. The molecule has 10 heteroatoms. The van der Waals surface area contributed by atoms with Gasteiger partial charge in [-0.1, -0.05) is 17.7 Å². The summed E-state index contributed by atoms with van der Waals surface area (Å²) in [6.45, 7) is 0.315. The van der Waals surface area contributed by atoms with Crippen LogP contribution >= 0.6 is 11.6 Å². The number of hydrazine groups is 1. The number of nitrogens with zero attached hydrogens (tertiary/aromatic N) is 1. The predicted octanol–water partition coefficient (Wildman–Crippen LogP) is 2.28. The molecule has 160 valence electrons. The van der Waals surface area contributed by atoms with Crippen LogP contribution in [-0.4, -0.2) is 31.8 Å². The third-order valence-corrected chi connectivity index (χ3v) is 6.79. The number of aromatic nitrogens is 1. The lowest BCUT2D eigenvalue weighted by Gasteiger charge is -2.27. The molecule has 8 nitrogen and oxygen atoms in total. The second kappa shape index (κ2) is 10.0. The molecule has 0 spiro atoms. The highest BCUT2D eigenvalue weighted by Crippen LogP contribution is 2.28. The number of hydrogen-bond acceptors (Lipinski definition) is 5. The Morgan fingerprint density at radius 3 is 2.33 bits per heavy atom. The third-order valence-electron chi connectivity index (χ3n) is 5.10. The van der Waals surface area contributed by atoms with E-state index in [4.69, 9.17) is 11.6 Å². The molecule has 1 aromatic carbocycles. The summed E-state index contributed by atoms with van der Waals surface area (Å²) in [5, 5.41) is 0.474. The van der Waals surface area contributed by atoms with E-state index < -0.39 is 15.9 Å². The van der Waals surface area contributed by atoms with Crippen LogP contribution in [0.15, 0.2) is 53.6 Å². The number of pyridine rings is 1. The Bertz CT molecular complexity index is 976. The molecular weight excluding hydrogens is 428 g/mol. The zero-order valence-corrected chi connectivity index (χ0v) is 17.7. The first-order chi connectivity index (χ1) is 14.3. The Hall–Kier alpha value is -2.49. The molecule has 2 aromatic rings. The van der Waals surface area contributed by atoms with Gasteiger partial charge in [0.15, 0.2) is 0 Å². The Labute approximate surface area is 180 Å². The maximum atomic E-state index is 12.4. The van der Waals surface area contributed by atoms with E-state index in [1.165, 1.54) is 30.5 Å². The maximum Gasteiger partial charge on any atom is 0.288 e. The monoisotopic (exact) mass is 450 g/mol. The van der Waals surface area contributed by atoms with Gasteiger partial charge >= 0.3 is 0 Å². The molecule has 0 bridgehead atoms. The summed E-state index contributed by atoms with van der Waals surface area (Å²) in [5.41, 5.74) is 5.04. The largest absolute Gasteiger partial charge is 0.288 e. The molecule has 0 saturated heterocycles. The van der Waals surface area contributed by atoms with Gasteiger partial charge in [-0.3, -0.25) is 25.4 Å². The summed E-state index contributed by atoms with van der Waals surface area (Å²) in [5.74, 6) is -0.800. The first kappa shape index (κ1) is 22.2. The minimum Gasteiger partial charge on any atom is -0.273 e. The van der Waals surface area contributed by atoms with Gasteiger partial charge in [-0.2, -0.15) is 0 Å². The van der Waals surface area contributed by atoms with Crippen LogP contribution in [0.1, 0.15) is 36.2 Å². The van der Waals surface area contributed by atoms with Gasteiger partial charge in [-0.15, -0.1) is 0 Å². The lowest BCUT2D eigenvalue weighted by molar-refractivity contribution is -0.127. The van der Waals surface area contributed by atoms with Crippen molar-refractivity contribution in [3.05, 3.63) is 59.4 Å². The molecule has 2 amide bonds. The van der Waals surface area contributed by atoms with Crippen molar-refractivity contribution in [1.82, 2.24) is 20.6 Å². The van der Waals surface area contributed by atoms with E-state index in [-0.39, 0.29) is 28.3 Å². The minimum absolute atomic E-state index is 0.152. The van der Waals surface area contributed by atoms with Crippen molar-refractivity contribution in [2.75, 3.05) is 6.54 Å². The number of hydrogen-bond donors (Lipinski definition) is 3. The first-order valence-corrected chi connectivity index (χ1v) is 11.5. The lowest BCUT2D eigenvalue weighted by Crippen LogP contribution is -2.45. The zero-order valence-electron chi connectivity index (χ0n) is 16.2. The van der Waals surface area contributed by atoms with Crippen molar-refractivity contribution >= 4 is 33.4 Å². The number of amides is 2. The van der Waals surface area contributed by atoms with Gasteiger partial charge in [-0.25, -0.2) is 13.1 Å². The van der Waals surface area contributed by atoms with E-state index in [2.05, 4.69) is 20.6 Å². The van der Waals surface area contributed by atoms with Gasteiger partial charge in [0.25, 0.3) is 5.91 Å². The molecule has 3 N–H and O–H groups in total. The zero-order chi connectivity index (χ0) is 21.6. The van der Waals surface area contributed by atoms with Gasteiger partial charge in [-0.05, 0) is 68.0 Å². The van der Waals surface area contributed by atoms with Crippen molar-refractivity contribution in [1.29, 1.82) is 0 Å². The Morgan fingerprint density at radius 2 is 1.70 bits per heavy atom. The Kier molecular flexibility index (Phi) is 7.41. The Morgan fingerprint density at radius 1 is 1.00 bits per heavy atom. The quantitative estimate of drug-likeness (QED) is 0.583. The molecule has 1 aromatic heterocycles. The molecule has 0 atom stereocenters. The van der Waals surface area contributed by atoms with Crippen molar-refractivity contribution in [3.63, 3.8) is 0 Å². The molecule has 1 heterocycles. The highest BCUT2D eigenvalue weighted by molar-refractivity contribution is 7.89. The normalized spacial score (nSPS) is 19.1. The fraction of sp³-hybridized carbons (Fsp3) is 0.350. The minimum atomic E-state index is -3.59. The van der Waals surface area contributed by atoms with Crippen molar-refractivity contribution in [3.8, 4) is 0 Å². The van der Waals surface area contributed by atoms with Gasteiger partial charge in [0.1, 0.15) is 5.69 Å². The standard InChI is InChI=1S/C20H23ClN4O4S/c21-16-8-10-17(11-9-16)30(28,29)23-13-14-4-6-15(7-5-14)19(26)24-25-20(27)18-3-1-2-12-22-18/h1-3,8-12,14-15,23H,4-7,13H2,(H,24,26)(H,25,27). The summed E-state index contributed by atoms with van der Waals surface area (Å²) >= 11 is 5.80. The SMILES string of the molecule is O=C(NNC(=O)C1CCC(CNS(=O)(=O)c2ccc(Cl)cc2)CC1)c1ccccn1. The average Bonchev–Trinajstić information content (AvgIpc) is 2.77. The molecule has 0 aliphatic heterocycles. The van der Waals surface area contributed by atoms with Crippen LogP contribution in [0.5, 0.6) is 0 Å². The number of nitrogens with one attached hydrogen (secondary N) is 3. The van der Waals surface area contributed by atoms with Crippen LogP contribution in [0.4, 0.5) is 0 Å². The molecular formula is C20H23ClN4O4S. The number of carbonyl (C=O) groups excluding carboxylic acids is 2. The lowest BCUT2D eigenvalue weighted by atomic mass is 9.82. The summed E-state index contributed by atoms with van der Waals surface area (Å²) in [6.07, 6.45) is 4.18. The second-order valence-corrected chi connectivity index (χ2v) is 9.39. The van der Waals surface area contributed by atoms with Gasteiger partial charge in [0.05, 0.1) is 4.90 Å². The van der Waals surface area contributed by atoms with Gasteiger partial charge in [0, 0.05) is 23.7 Å². The smallest absolute Gasteiger partial charge is 0.273 e. The van der Waals surface area contributed by atoms with E-state index in [1.54, 1.807) is 18.2 Å². The number of halogens is 1. The third kappa shape index (κ3) is 6.01. The van der Waals surface area contributed by atoms with E-state index in [1.807, 2.05) is 0 Å². The molecule has 1 fully saturated rings. The van der Waals surface area contributed by atoms with E-state index in [0.29, 0.717) is 24.4 Å². The highest BCUT2D eigenvalue weighted by atomic mass is 35.5. The highest BCUT2D eigenvalue weighted by Gasteiger charge is 2.27. The predicted molar refractivity (Wildman–Crippen MR) is 112 cm³/mol. The van der Waals surface area contributed by atoms with Crippen molar-refractivity contribution in [2.24, 2.45) is 11.8 Å². The van der Waals surface area contributed by atoms with Crippen LogP contribution in [-0.2, 0) is 14.8 Å². The number of rotatable bonds is 6. The molecule has 1 aliphatic rings. The van der Waals surface area contributed by atoms with E-state index in [0.717, 1.165) is 12.8 Å². The number of carbonyl (C=O) groups is 2. The van der Waals surface area contributed by atoms with Gasteiger partial charge in [0.2, 0.25) is 15.9 Å². The van der Waals surface area contributed by atoms with Crippen LogP contribution in [0, 0.1) is 11.8 Å². The van der Waals surface area contributed by atoms with Crippen LogP contribution in [0.25, 0.3) is 0 Å². The summed E-state index contributed by atoms with van der Waals surface area (Å²) < 4.78 is 27.4. The second-order valence-electron chi connectivity index (χ2n) is 7.18. The van der Waals surface area contributed by atoms with E-state index in [9.17, 15) is 18.0 Å². The molecule has 1 saturated carbocycles. The fourth-order valence-corrected chi connectivity index (χ4v) is 4.58. The van der Waals surface area contributed by atoms with Crippen LogP contribution < -0.4 is 15.6 Å². The van der Waals surface area contributed by atoms with Crippen molar-refractivity contribution < 1.29 is 18.0 Å². The number of benzene rings is 1. The summed E-state index contributed by atoms with van der Waals surface area (Å²) in [6, 6.07) is 10.9. The van der Waals surface area contributed by atoms with Crippen molar-refractivity contribution in [2.45, 2.75) is 30.6 Å². The maximum absolute atomic E-state index is 12.4. The topological polar surface area (TPSA) is 117 Å². The first-order valence-electron chi connectivity index (χ1n) is 9.61. The van der Waals surface area contributed by atoms with Crippen LogP contribution in [0.3, 0.4) is 0 Å². The number of sulfonamides is 1. The average molecular weight is 451 g/mol. The van der Waals surface area contributed by atoms with Gasteiger partial charge < -0.3 is 0 Å². The summed E-state index contributed by atoms with van der Waals surface area (Å²) in [4.78, 5) is 28.3. The summed E-state index contributed by atoms with van der Waals surface area (Å²) in [7, 11) is -3.59. The fourth-order valence-electron chi connectivity index (χ4n) is 3.33. The molecule has 1 aliphatic carbocycles. The molecule has 0 radical (unpaired) electrons. The van der Waals surface area contributed by atoms with E-state index >= 15 is 0 Å². The molecule has 30 heavy (non-hydrogen) atoms.